The summed E-state index contributed by atoms with van der Waals surface area (Å²) >= 11 is 0. The SMILES string of the molecule is CCN(CC)C(=O)c1ccccc1NC(=O)c1ccc(N(C)S(=O)(=O)c2ccc(OC)c(OC)c2)cc1. The molecular formula is C27H31N3O6S. The topological polar surface area (TPSA) is 105 Å². The Bertz CT molecular complexity index is 1370. The van der Waals surface area contributed by atoms with Crippen LogP contribution in [0, 0.1) is 0 Å². The quantitative estimate of drug-likeness (QED) is 0.424. The molecule has 0 aliphatic rings. The molecule has 10 heteroatoms. The molecular weight excluding hydrogens is 494 g/mol. The Kier molecular flexibility index (Phi) is 8.77. The number of nitrogens with zero attached hydrogens (tertiary/aromatic N) is 2. The van der Waals surface area contributed by atoms with E-state index in [1.54, 1.807) is 41.3 Å². The van der Waals surface area contributed by atoms with Crippen molar-refractivity contribution in [2.75, 3.05) is 44.0 Å². The summed E-state index contributed by atoms with van der Waals surface area (Å²) in [5.74, 6) is 0.124. The van der Waals surface area contributed by atoms with Crippen molar-refractivity contribution >= 4 is 33.2 Å². The number of rotatable bonds is 10. The van der Waals surface area contributed by atoms with E-state index in [4.69, 9.17) is 9.47 Å². The van der Waals surface area contributed by atoms with E-state index in [1.807, 2.05) is 13.8 Å². The van der Waals surface area contributed by atoms with Crippen molar-refractivity contribution in [1.29, 1.82) is 0 Å². The standard InChI is InChI=1S/C27H31N3O6S/c1-6-30(7-2)27(32)22-10-8-9-11-23(22)28-26(31)19-12-14-20(15-13-19)29(3)37(33,34)21-16-17-24(35-4)25(18-21)36-5/h8-18H,6-7H2,1-5H3,(H,28,31). The van der Waals surface area contributed by atoms with Gasteiger partial charge in [0.2, 0.25) is 0 Å². The molecule has 37 heavy (non-hydrogen) atoms. The summed E-state index contributed by atoms with van der Waals surface area (Å²) in [4.78, 5) is 27.5. The Balaban J connectivity index is 1.81. The predicted molar refractivity (Wildman–Crippen MR) is 143 cm³/mol. The molecule has 0 spiro atoms. The van der Waals surface area contributed by atoms with Crippen molar-refractivity contribution in [3.05, 3.63) is 77.9 Å². The van der Waals surface area contributed by atoms with E-state index in [2.05, 4.69) is 5.32 Å². The van der Waals surface area contributed by atoms with Gasteiger partial charge in [-0.15, -0.1) is 0 Å². The van der Waals surface area contributed by atoms with E-state index in [0.29, 0.717) is 47.1 Å². The van der Waals surface area contributed by atoms with Gasteiger partial charge in [0.25, 0.3) is 21.8 Å². The summed E-state index contributed by atoms with van der Waals surface area (Å²) in [6, 6.07) is 17.3. The highest BCUT2D eigenvalue weighted by Crippen LogP contribution is 2.31. The molecule has 0 saturated heterocycles. The molecule has 3 aromatic rings. The van der Waals surface area contributed by atoms with Crippen molar-refractivity contribution in [1.82, 2.24) is 4.90 Å². The minimum absolute atomic E-state index is 0.0314. The lowest BCUT2D eigenvalue weighted by atomic mass is 10.1. The first-order valence-corrected chi connectivity index (χ1v) is 13.1. The van der Waals surface area contributed by atoms with Crippen LogP contribution in [0.15, 0.2) is 71.6 Å². The van der Waals surface area contributed by atoms with Gasteiger partial charge in [0, 0.05) is 31.8 Å². The number of anilines is 2. The van der Waals surface area contributed by atoms with Crippen LogP contribution in [-0.2, 0) is 10.0 Å². The van der Waals surface area contributed by atoms with Gasteiger partial charge in [-0.05, 0) is 62.4 Å². The average Bonchev–Trinajstić information content (AvgIpc) is 2.93. The molecule has 0 aliphatic heterocycles. The normalized spacial score (nSPS) is 10.9. The molecule has 0 aromatic heterocycles. The smallest absolute Gasteiger partial charge is 0.264 e. The van der Waals surface area contributed by atoms with Gasteiger partial charge in [-0.25, -0.2) is 8.42 Å². The van der Waals surface area contributed by atoms with Gasteiger partial charge >= 0.3 is 0 Å². The number of sulfonamides is 1. The summed E-state index contributed by atoms with van der Waals surface area (Å²) in [5.41, 5.74) is 1.48. The number of ether oxygens (including phenoxy) is 2. The van der Waals surface area contributed by atoms with Crippen LogP contribution in [0.1, 0.15) is 34.6 Å². The summed E-state index contributed by atoms with van der Waals surface area (Å²) in [7, 11) is 0.422. The zero-order valence-electron chi connectivity index (χ0n) is 21.5. The highest BCUT2D eigenvalue weighted by atomic mass is 32.2. The molecule has 9 nitrogen and oxygen atoms in total. The maximum atomic E-state index is 13.2. The molecule has 196 valence electrons. The zero-order chi connectivity index (χ0) is 27.2. The lowest BCUT2D eigenvalue weighted by molar-refractivity contribution is 0.0774. The first kappa shape index (κ1) is 27.5. The first-order chi connectivity index (χ1) is 17.7. The molecule has 0 bridgehead atoms. The van der Waals surface area contributed by atoms with Crippen LogP contribution in [0.5, 0.6) is 11.5 Å². The number of amides is 2. The molecule has 0 heterocycles. The molecule has 0 fully saturated rings. The summed E-state index contributed by atoms with van der Waals surface area (Å²) in [5, 5.41) is 2.79. The van der Waals surface area contributed by atoms with Crippen LogP contribution in [0.25, 0.3) is 0 Å². The Morgan fingerprint density at radius 2 is 1.49 bits per heavy atom. The van der Waals surface area contributed by atoms with Gasteiger partial charge in [0.15, 0.2) is 11.5 Å². The summed E-state index contributed by atoms with van der Waals surface area (Å²) in [6.45, 7) is 4.90. The van der Waals surface area contributed by atoms with Crippen molar-refractivity contribution in [3.8, 4) is 11.5 Å². The molecule has 0 aliphatic carbocycles. The van der Waals surface area contributed by atoms with Crippen molar-refractivity contribution in [2.45, 2.75) is 18.7 Å². The molecule has 1 N–H and O–H groups in total. The van der Waals surface area contributed by atoms with Crippen LogP contribution in [0.2, 0.25) is 0 Å². The second-order valence-corrected chi connectivity index (χ2v) is 9.98. The third kappa shape index (κ3) is 5.86. The summed E-state index contributed by atoms with van der Waals surface area (Å²) in [6.07, 6.45) is 0. The van der Waals surface area contributed by atoms with Gasteiger partial charge in [0.05, 0.1) is 36.1 Å². The third-order valence-corrected chi connectivity index (χ3v) is 7.74. The fourth-order valence-corrected chi connectivity index (χ4v) is 4.96. The highest BCUT2D eigenvalue weighted by molar-refractivity contribution is 7.92. The second kappa shape index (κ2) is 11.8. The maximum absolute atomic E-state index is 13.2. The van der Waals surface area contributed by atoms with E-state index in [1.165, 1.54) is 51.6 Å². The monoisotopic (exact) mass is 525 g/mol. The molecule has 0 unspecified atom stereocenters. The summed E-state index contributed by atoms with van der Waals surface area (Å²) < 4.78 is 37.9. The van der Waals surface area contributed by atoms with Crippen LogP contribution < -0.4 is 19.1 Å². The molecule has 3 aromatic carbocycles. The van der Waals surface area contributed by atoms with E-state index in [0.717, 1.165) is 4.31 Å². The first-order valence-electron chi connectivity index (χ1n) is 11.7. The van der Waals surface area contributed by atoms with E-state index in [9.17, 15) is 18.0 Å². The van der Waals surface area contributed by atoms with Crippen molar-refractivity contribution in [3.63, 3.8) is 0 Å². The minimum atomic E-state index is -3.90. The van der Waals surface area contributed by atoms with Gasteiger partial charge in [-0.1, -0.05) is 12.1 Å². The van der Waals surface area contributed by atoms with Crippen LogP contribution >= 0.6 is 0 Å². The second-order valence-electron chi connectivity index (χ2n) is 8.01. The van der Waals surface area contributed by atoms with E-state index < -0.39 is 15.9 Å². The van der Waals surface area contributed by atoms with E-state index >= 15 is 0 Å². The highest BCUT2D eigenvalue weighted by Gasteiger charge is 2.24. The number of methoxy groups -OCH3 is 2. The lowest BCUT2D eigenvalue weighted by Crippen LogP contribution is -2.31. The Morgan fingerprint density at radius 1 is 0.865 bits per heavy atom. The van der Waals surface area contributed by atoms with E-state index in [-0.39, 0.29) is 10.8 Å². The predicted octanol–water partition coefficient (Wildman–Crippen LogP) is 4.26. The lowest BCUT2D eigenvalue weighted by Gasteiger charge is -2.21. The van der Waals surface area contributed by atoms with Gasteiger partial charge in [-0.3, -0.25) is 13.9 Å². The average molecular weight is 526 g/mol. The van der Waals surface area contributed by atoms with Gasteiger partial charge in [-0.2, -0.15) is 0 Å². The Morgan fingerprint density at radius 3 is 2.08 bits per heavy atom. The number of carbonyl (C=O) groups excluding carboxylic acids is 2. The maximum Gasteiger partial charge on any atom is 0.264 e. The number of nitrogens with one attached hydrogen (secondary N) is 1. The minimum Gasteiger partial charge on any atom is -0.493 e. The molecule has 0 saturated carbocycles. The number of hydrogen-bond donors (Lipinski definition) is 1. The molecule has 0 radical (unpaired) electrons. The van der Waals surface area contributed by atoms with Crippen LogP contribution in [0.4, 0.5) is 11.4 Å². The number of carbonyl (C=O) groups is 2. The van der Waals surface area contributed by atoms with Crippen LogP contribution in [0.3, 0.4) is 0 Å². The molecule has 2 amide bonds. The zero-order valence-corrected chi connectivity index (χ0v) is 22.3. The third-order valence-electron chi connectivity index (χ3n) is 5.96. The number of benzene rings is 3. The van der Waals surface area contributed by atoms with Crippen LogP contribution in [-0.4, -0.2) is 59.5 Å². The molecule has 3 rings (SSSR count). The number of para-hydroxylation sites is 1. The Labute approximate surface area is 217 Å². The van der Waals surface area contributed by atoms with Gasteiger partial charge in [0.1, 0.15) is 0 Å². The number of hydrogen-bond acceptors (Lipinski definition) is 6. The molecule has 0 atom stereocenters. The Hall–Kier alpha value is -4.05. The van der Waals surface area contributed by atoms with Crippen molar-refractivity contribution < 1.29 is 27.5 Å². The fourth-order valence-electron chi connectivity index (χ4n) is 3.75. The largest absolute Gasteiger partial charge is 0.493 e. The van der Waals surface area contributed by atoms with Crippen molar-refractivity contribution in [2.24, 2.45) is 0 Å². The van der Waals surface area contributed by atoms with Gasteiger partial charge < -0.3 is 19.7 Å². The fraction of sp³-hybridized carbons (Fsp3) is 0.259.